The van der Waals surface area contributed by atoms with E-state index in [1.165, 1.54) is 0 Å². The highest BCUT2D eigenvalue weighted by Gasteiger charge is 2.30. The summed E-state index contributed by atoms with van der Waals surface area (Å²) in [5, 5.41) is 3.18. The Balaban J connectivity index is 2.09. The summed E-state index contributed by atoms with van der Waals surface area (Å²) < 4.78 is 2.07. The normalized spacial score (nSPS) is 19.1. The fourth-order valence-corrected chi connectivity index (χ4v) is 3.08. The van der Waals surface area contributed by atoms with Crippen LogP contribution < -0.4 is 16.0 Å². The van der Waals surface area contributed by atoms with Gasteiger partial charge in [0.1, 0.15) is 11.7 Å². The highest BCUT2D eigenvalue weighted by molar-refractivity contribution is 5.84. The predicted octanol–water partition coefficient (Wildman–Crippen LogP) is 0.898. The molecule has 112 valence electrons. The van der Waals surface area contributed by atoms with Crippen LogP contribution in [0.1, 0.15) is 25.0 Å². The molecule has 1 saturated heterocycles. The first-order chi connectivity index (χ1) is 10.2. The number of aromatic nitrogens is 2. The molecule has 1 atom stereocenters. The van der Waals surface area contributed by atoms with Gasteiger partial charge in [-0.05, 0) is 38.4 Å². The molecular formula is C15H21N5O. The highest BCUT2D eigenvalue weighted by atomic mass is 16.1. The second-order valence-corrected chi connectivity index (χ2v) is 5.45. The highest BCUT2D eigenvalue weighted by Crippen LogP contribution is 2.28. The second kappa shape index (κ2) is 5.73. The van der Waals surface area contributed by atoms with E-state index >= 15 is 0 Å². The van der Waals surface area contributed by atoms with E-state index in [1.807, 2.05) is 31.4 Å². The first-order valence-corrected chi connectivity index (χ1v) is 7.39. The standard InChI is InChI=1S/C15H21N5O/c1-17-10-12-15(18-13-7-3-5-8-19(12)13)20-9-4-2-6-11(20)14(16)21/h3,5,7-8,11,17H,2,4,6,9-10H2,1H3,(H2,16,21). The summed E-state index contributed by atoms with van der Waals surface area (Å²) >= 11 is 0. The Morgan fingerprint density at radius 1 is 1.48 bits per heavy atom. The minimum atomic E-state index is -0.262. The Morgan fingerprint density at radius 3 is 3.10 bits per heavy atom. The number of nitrogens with one attached hydrogen (secondary N) is 1. The number of imidazole rings is 1. The van der Waals surface area contributed by atoms with Crippen LogP contribution in [-0.2, 0) is 11.3 Å². The number of primary amides is 1. The van der Waals surface area contributed by atoms with Gasteiger partial charge in [-0.3, -0.25) is 4.79 Å². The lowest BCUT2D eigenvalue weighted by atomic mass is 10.0. The summed E-state index contributed by atoms with van der Waals surface area (Å²) in [4.78, 5) is 18.6. The van der Waals surface area contributed by atoms with E-state index in [9.17, 15) is 4.79 Å². The summed E-state index contributed by atoms with van der Waals surface area (Å²) in [6.45, 7) is 1.52. The fourth-order valence-electron chi connectivity index (χ4n) is 3.08. The molecule has 1 aliphatic heterocycles. The van der Waals surface area contributed by atoms with E-state index in [1.54, 1.807) is 0 Å². The summed E-state index contributed by atoms with van der Waals surface area (Å²) in [6, 6.07) is 5.68. The van der Waals surface area contributed by atoms with Crippen molar-refractivity contribution in [3.8, 4) is 0 Å². The van der Waals surface area contributed by atoms with Crippen molar-refractivity contribution < 1.29 is 4.79 Å². The SMILES string of the molecule is CNCc1c(N2CCCCC2C(N)=O)nc2ccccn12. The average Bonchev–Trinajstić information content (AvgIpc) is 2.86. The van der Waals surface area contributed by atoms with Crippen molar-refractivity contribution in [2.75, 3.05) is 18.5 Å². The van der Waals surface area contributed by atoms with Gasteiger partial charge in [0.25, 0.3) is 0 Å². The molecule has 3 N–H and O–H groups in total. The van der Waals surface area contributed by atoms with Crippen LogP contribution in [0, 0.1) is 0 Å². The summed E-state index contributed by atoms with van der Waals surface area (Å²) in [5.41, 5.74) is 7.55. The maximum absolute atomic E-state index is 11.8. The van der Waals surface area contributed by atoms with Crippen molar-refractivity contribution in [1.29, 1.82) is 0 Å². The number of rotatable bonds is 4. The number of piperidine rings is 1. The monoisotopic (exact) mass is 287 g/mol. The zero-order valence-electron chi connectivity index (χ0n) is 12.2. The van der Waals surface area contributed by atoms with E-state index < -0.39 is 0 Å². The van der Waals surface area contributed by atoms with Gasteiger partial charge in [-0.15, -0.1) is 0 Å². The zero-order chi connectivity index (χ0) is 14.8. The number of carbonyl (C=O) groups is 1. The van der Waals surface area contributed by atoms with Crippen molar-refractivity contribution in [3.05, 3.63) is 30.1 Å². The topological polar surface area (TPSA) is 75.7 Å². The lowest BCUT2D eigenvalue weighted by Gasteiger charge is -2.34. The Bertz CT molecular complexity index is 651. The molecule has 6 heteroatoms. The minimum Gasteiger partial charge on any atom is -0.368 e. The van der Waals surface area contributed by atoms with Crippen molar-refractivity contribution in [2.24, 2.45) is 5.73 Å². The molecule has 1 amide bonds. The van der Waals surface area contributed by atoms with Crippen molar-refractivity contribution in [1.82, 2.24) is 14.7 Å². The number of pyridine rings is 1. The van der Waals surface area contributed by atoms with Crippen LogP contribution in [0.25, 0.3) is 5.65 Å². The Kier molecular flexibility index (Phi) is 3.79. The van der Waals surface area contributed by atoms with Gasteiger partial charge in [-0.1, -0.05) is 6.07 Å². The zero-order valence-corrected chi connectivity index (χ0v) is 12.2. The molecule has 6 nitrogen and oxygen atoms in total. The Hall–Kier alpha value is -2.08. The molecule has 2 aromatic rings. The second-order valence-electron chi connectivity index (χ2n) is 5.45. The lowest BCUT2D eigenvalue weighted by Crippen LogP contribution is -2.48. The van der Waals surface area contributed by atoms with Gasteiger partial charge in [0.2, 0.25) is 5.91 Å². The first kappa shape index (κ1) is 13.9. The molecule has 3 heterocycles. The van der Waals surface area contributed by atoms with Crippen LogP contribution in [0.5, 0.6) is 0 Å². The van der Waals surface area contributed by atoms with Gasteiger partial charge >= 0.3 is 0 Å². The van der Waals surface area contributed by atoms with Crippen molar-refractivity contribution in [3.63, 3.8) is 0 Å². The molecule has 1 fully saturated rings. The van der Waals surface area contributed by atoms with E-state index in [0.29, 0.717) is 6.54 Å². The summed E-state index contributed by atoms with van der Waals surface area (Å²) in [5.74, 6) is 0.612. The Labute approximate surface area is 123 Å². The quantitative estimate of drug-likeness (QED) is 0.876. The number of hydrogen-bond acceptors (Lipinski definition) is 4. The fraction of sp³-hybridized carbons (Fsp3) is 0.467. The largest absolute Gasteiger partial charge is 0.368 e. The summed E-state index contributed by atoms with van der Waals surface area (Å²) in [7, 11) is 1.91. The molecule has 0 radical (unpaired) electrons. The molecule has 0 saturated carbocycles. The third kappa shape index (κ3) is 2.47. The van der Waals surface area contributed by atoms with E-state index in [-0.39, 0.29) is 11.9 Å². The molecule has 1 aliphatic rings. The molecule has 21 heavy (non-hydrogen) atoms. The molecule has 0 aromatic carbocycles. The number of nitrogens with two attached hydrogens (primary N) is 1. The number of hydrogen-bond donors (Lipinski definition) is 2. The number of anilines is 1. The van der Waals surface area contributed by atoms with Crippen LogP contribution in [0.4, 0.5) is 5.82 Å². The number of amides is 1. The third-order valence-electron chi connectivity index (χ3n) is 4.06. The van der Waals surface area contributed by atoms with Crippen molar-refractivity contribution in [2.45, 2.75) is 31.8 Å². The van der Waals surface area contributed by atoms with Gasteiger partial charge in [-0.25, -0.2) is 4.98 Å². The molecule has 3 rings (SSSR count). The molecule has 2 aromatic heterocycles. The van der Waals surface area contributed by atoms with Crippen LogP contribution >= 0.6 is 0 Å². The smallest absolute Gasteiger partial charge is 0.240 e. The molecular weight excluding hydrogens is 266 g/mol. The van der Waals surface area contributed by atoms with E-state index in [4.69, 9.17) is 10.7 Å². The third-order valence-corrected chi connectivity index (χ3v) is 4.06. The van der Waals surface area contributed by atoms with Gasteiger partial charge in [0.05, 0.1) is 5.69 Å². The van der Waals surface area contributed by atoms with Crippen molar-refractivity contribution >= 4 is 17.4 Å². The summed E-state index contributed by atoms with van der Waals surface area (Å²) in [6.07, 6.45) is 4.92. The number of nitrogens with zero attached hydrogens (tertiary/aromatic N) is 3. The van der Waals surface area contributed by atoms with Gasteiger partial charge in [0, 0.05) is 19.3 Å². The number of fused-ring (bicyclic) bond motifs is 1. The maximum Gasteiger partial charge on any atom is 0.240 e. The lowest BCUT2D eigenvalue weighted by molar-refractivity contribution is -0.119. The Morgan fingerprint density at radius 2 is 2.33 bits per heavy atom. The minimum absolute atomic E-state index is 0.251. The van der Waals surface area contributed by atoms with Gasteiger partial charge in [-0.2, -0.15) is 0 Å². The van der Waals surface area contributed by atoms with Crippen LogP contribution in [0.2, 0.25) is 0 Å². The maximum atomic E-state index is 11.8. The molecule has 0 spiro atoms. The first-order valence-electron chi connectivity index (χ1n) is 7.39. The average molecular weight is 287 g/mol. The van der Waals surface area contributed by atoms with Crippen LogP contribution in [0.15, 0.2) is 24.4 Å². The van der Waals surface area contributed by atoms with E-state index in [0.717, 1.165) is 43.0 Å². The molecule has 0 bridgehead atoms. The van der Waals surface area contributed by atoms with E-state index in [2.05, 4.69) is 14.6 Å². The number of carbonyl (C=O) groups excluding carboxylic acids is 1. The molecule has 0 aliphatic carbocycles. The van der Waals surface area contributed by atoms with Crippen LogP contribution in [-0.4, -0.2) is 34.9 Å². The van der Waals surface area contributed by atoms with Gasteiger partial charge in [0.15, 0.2) is 5.82 Å². The molecule has 1 unspecified atom stereocenters. The van der Waals surface area contributed by atoms with Crippen LogP contribution in [0.3, 0.4) is 0 Å². The predicted molar refractivity (Wildman–Crippen MR) is 82.1 cm³/mol. The van der Waals surface area contributed by atoms with Gasteiger partial charge < -0.3 is 20.4 Å².